The maximum Gasteiger partial charge on any atom is 0.0750 e. The first-order valence-corrected chi connectivity index (χ1v) is 8.89. The van der Waals surface area contributed by atoms with E-state index >= 15 is 0 Å². The van der Waals surface area contributed by atoms with Gasteiger partial charge in [0.15, 0.2) is 0 Å². The lowest BCUT2D eigenvalue weighted by Gasteiger charge is -2.34. The van der Waals surface area contributed by atoms with Crippen LogP contribution in [0.15, 0.2) is 22.7 Å². The van der Waals surface area contributed by atoms with E-state index in [2.05, 4.69) is 58.2 Å². The minimum absolute atomic E-state index is 0.383. The van der Waals surface area contributed by atoms with Gasteiger partial charge in [0.1, 0.15) is 0 Å². The minimum atomic E-state index is 0.383. The topological polar surface area (TPSA) is 24.5 Å². The summed E-state index contributed by atoms with van der Waals surface area (Å²) in [5.41, 5.74) is 2.62. The molecule has 1 aliphatic rings. The highest BCUT2D eigenvalue weighted by molar-refractivity contribution is 9.10. The number of hydrogen-bond acceptors (Lipinski definition) is 3. The molecule has 0 aromatic heterocycles. The van der Waals surface area contributed by atoms with Crippen molar-refractivity contribution in [1.29, 1.82) is 0 Å². The van der Waals surface area contributed by atoms with E-state index in [1.165, 1.54) is 35.0 Å². The molecule has 21 heavy (non-hydrogen) atoms. The van der Waals surface area contributed by atoms with Crippen LogP contribution in [0.4, 0.5) is 5.69 Å². The SMILES string of the molecule is CCCNCc1ccc(N2CCCC(OCC)C2)cc1Br. The summed E-state index contributed by atoms with van der Waals surface area (Å²) in [5.74, 6) is 0. The molecule has 1 N–H and O–H groups in total. The zero-order valence-corrected chi connectivity index (χ0v) is 14.8. The Morgan fingerprint density at radius 1 is 1.38 bits per heavy atom. The van der Waals surface area contributed by atoms with Crippen molar-refractivity contribution >= 4 is 21.6 Å². The average Bonchev–Trinajstić information content (AvgIpc) is 2.50. The van der Waals surface area contributed by atoms with Crippen LogP contribution in [0.1, 0.15) is 38.7 Å². The molecule has 4 heteroatoms. The zero-order chi connectivity index (χ0) is 15.1. The Balaban J connectivity index is 1.98. The van der Waals surface area contributed by atoms with Crippen LogP contribution in [-0.4, -0.2) is 32.3 Å². The smallest absolute Gasteiger partial charge is 0.0750 e. The Bertz CT molecular complexity index is 437. The summed E-state index contributed by atoms with van der Waals surface area (Å²) < 4.78 is 6.99. The van der Waals surface area contributed by atoms with Crippen molar-refractivity contribution < 1.29 is 4.74 Å². The average molecular weight is 355 g/mol. The van der Waals surface area contributed by atoms with Gasteiger partial charge in [-0.1, -0.05) is 28.9 Å². The Hall–Kier alpha value is -0.580. The summed E-state index contributed by atoms with van der Waals surface area (Å²) in [4.78, 5) is 2.44. The van der Waals surface area contributed by atoms with E-state index in [0.29, 0.717) is 6.10 Å². The van der Waals surface area contributed by atoms with Crippen molar-refractivity contribution in [3.8, 4) is 0 Å². The molecule has 118 valence electrons. The van der Waals surface area contributed by atoms with Gasteiger partial charge in [-0.2, -0.15) is 0 Å². The maximum atomic E-state index is 5.79. The van der Waals surface area contributed by atoms with Crippen LogP contribution in [0.25, 0.3) is 0 Å². The molecule has 3 nitrogen and oxygen atoms in total. The van der Waals surface area contributed by atoms with E-state index in [1.54, 1.807) is 0 Å². The summed E-state index contributed by atoms with van der Waals surface area (Å²) in [5, 5.41) is 3.45. The summed E-state index contributed by atoms with van der Waals surface area (Å²) in [6.45, 7) is 9.21. The van der Waals surface area contributed by atoms with E-state index in [4.69, 9.17) is 4.74 Å². The first-order valence-electron chi connectivity index (χ1n) is 8.10. The number of halogens is 1. The Morgan fingerprint density at radius 3 is 2.95 bits per heavy atom. The predicted octanol–water partition coefficient (Wildman–Crippen LogP) is 3.95. The summed E-state index contributed by atoms with van der Waals surface area (Å²) in [6, 6.07) is 6.71. The number of hydrogen-bond donors (Lipinski definition) is 1. The molecule has 1 aromatic rings. The second-order valence-corrected chi connectivity index (χ2v) is 6.47. The van der Waals surface area contributed by atoms with Gasteiger partial charge in [-0.3, -0.25) is 0 Å². The molecule has 1 saturated heterocycles. The second kappa shape index (κ2) is 8.76. The molecular weight excluding hydrogens is 328 g/mol. The summed E-state index contributed by atoms with van der Waals surface area (Å²) in [7, 11) is 0. The maximum absolute atomic E-state index is 5.79. The molecule has 1 aliphatic heterocycles. The first-order chi connectivity index (χ1) is 10.2. The standard InChI is InChI=1S/C17H27BrN2O/c1-3-9-19-12-14-7-8-15(11-17(14)18)20-10-5-6-16(13-20)21-4-2/h7-8,11,16,19H,3-6,9-10,12-13H2,1-2H3. The van der Waals surface area contributed by atoms with E-state index in [1.807, 2.05) is 0 Å². The van der Waals surface area contributed by atoms with Gasteiger partial charge in [0.25, 0.3) is 0 Å². The highest BCUT2D eigenvalue weighted by Gasteiger charge is 2.20. The summed E-state index contributed by atoms with van der Waals surface area (Å²) in [6.07, 6.45) is 3.95. The molecule has 1 heterocycles. The van der Waals surface area contributed by atoms with Crippen LogP contribution in [0.2, 0.25) is 0 Å². The molecule has 0 spiro atoms. The predicted molar refractivity (Wildman–Crippen MR) is 93.0 cm³/mol. The number of benzene rings is 1. The van der Waals surface area contributed by atoms with Gasteiger partial charge in [0.05, 0.1) is 6.10 Å². The molecule has 0 radical (unpaired) electrons. The van der Waals surface area contributed by atoms with Crippen molar-refractivity contribution in [2.75, 3.05) is 31.1 Å². The van der Waals surface area contributed by atoms with Gasteiger partial charge in [-0.05, 0) is 50.4 Å². The minimum Gasteiger partial charge on any atom is -0.377 e. The molecule has 1 unspecified atom stereocenters. The van der Waals surface area contributed by atoms with Crippen molar-refractivity contribution in [2.45, 2.75) is 45.8 Å². The number of rotatable bonds is 7. The quantitative estimate of drug-likeness (QED) is 0.750. The molecule has 1 atom stereocenters. The third-order valence-corrected chi connectivity index (χ3v) is 4.66. The van der Waals surface area contributed by atoms with Crippen LogP contribution >= 0.6 is 15.9 Å². The van der Waals surface area contributed by atoms with Gasteiger partial charge in [0.2, 0.25) is 0 Å². The molecule has 1 aromatic carbocycles. The van der Waals surface area contributed by atoms with Crippen molar-refractivity contribution in [1.82, 2.24) is 5.32 Å². The van der Waals surface area contributed by atoms with E-state index < -0.39 is 0 Å². The lowest BCUT2D eigenvalue weighted by atomic mass is 10.1. The van der Waals surface area contributed by atoms with Crippen LogP contribution in [0.3, 0.4) is 0 Å². The fraction of sp³-hybridized carbons (Fsp3) is 0.647. The highest BCUT2D eigenvalue weighted by Crippen LogP contribution is 2.27. The molecule has 1 fully saturated rings. The van der Waals surface area contributed by atoms with Crippen LogP contribution in [0, 0.1) is 0 Å². The molecule has 0 saturated carbocycles. The number of nitrogens with zero attached hydrogens (tertiary/aromatic N) is 1. The third kappa shape index (κ3) is 4.97. The normalized spacial score (nSPS) is 19.0. The van der Waals surface area contributed by atoms with Crippen LogP contribution in [-0.2, 0) is 11.3 Å². The second-order valence-electron chi connectivity index (χ2n) is 5.62. The Kier molecular flexibility index (Phi) is 7.00. The lowest BCUT2D eigenvalue weighted by molar-refractivity contribution is 0.0527. The Morgan fingerprint density at radius 2 is 2.24 bits per heavy atom. The Labute approximate surface area is 137 Å². The van der Waals surface area contributed by atoms with Crippen molar-refractivity contribution in [3.05, 3.63) is 28.2 Å². The third-order valence-electron chi connectivity index (χ3n) is 3.92. The molecular formula is C17H27BrN2O. The first kappa shape index (κ1) is 16.8. The molecule has 0 aliphatic carbocycles. The van der Waals surface area contributed by atoms with Crippen LogP contribution in [0.5, 0.6) is 0 Å². The van der Waals surface area contributed by atoms with Crippen molar-refractivity contribution in [3.63, 3.8) is 0 Å². The van der Waals surface area contributed by atoms with Gasteiger partial charge in [-0.15, -0.1) is 0 Å². The fourth-order valence-electron chi connectivity index (χ4n) is 2.82. The number of anilines is 1. The molecule has 0 amide bonds. The number of nitrogens with one attached hydrogen (secondary N) is 1. The van der Waals surface area contributed by atoms with Gasteiger partial charge < -0.3 is 15.0 Å². The van der Waals surface area contributed by atoms with Gasteiger partial charge in [0, 0.05) is 36.4 Å². The summed E-state index contributed by atoms with van der Waals surface area (Å²) >= 11 is 3.71. The van der Waals surface area contributed by atoms with Crippen LogP contribution < -0.4 is 10.2 Å². The monoisotopic (exact) mass is 354 g/mol. The molecule has 2 rings (SSSR count). The largest absolute Gasteiger partial charge is 0.377 e. The zero-order valence-electron chi connectivity index (χ0n) is 13.2. The fourth-order valence-corrected chi connectivity index (χ4v) is 3.33. The lowest BCUT2D eigenvalue weighted by Crippen LogP contribution is -2.39. The highest BCUT2D eigenvalue weighted by atomic mass is 79.9. The van der Waals surface area contributed by atoms with Gasteiger partial charge in [-0.25, -0.2) is 0 Å². The van der Waals surface area contributed by atoms with Crippen molar-refractivity contribution in [2.24, 2.45) is 0 Å². The number of piperidine rings is 1. The number of ether oxygens (including phenoxy) is 1. The van der Waals surface area contributed by atoms with Gasteiger partial charge >= 0.3 is 0 Å². The van der Waals surface area contributed by atoms with E-state index in [-0.39, 0.29) is 0 Å². The molecule has 0 bridgehead atoms. The van der Waals surface area contributed by atoms with E-state index in [0.717, 1.165) is 32.8 Å². The van der Waals surface area contributed by atoms with E-state index in [9.17, 15) is 0 Å².